The Kier molecular flexibility index (Phi) is 16.8. The summed E-state index contributed by atoms with van der Waals surface area (Å²) >= 11 is 0. The molecule has 0 fully saturated rings. The number of carbonyl (C=O) groups excluding carboxylic acids is 5. The summed E-state index contributed by atoms with van der Waals surface area (Å²) in [6.45, 7) is 11.2. The van der Waals surface area contributed by atoms with Crippen molar-refractivity contribution in [2.75, 3.05) is 38.5 Å². The summed E-state index contributed by atoms with van der Waals surface area (Å²) in [6.07, 6.45) is 0.902. The van der Waals surface area contributed by atoms with Gasteiger partial charge in [-0.05, 0) is 95.2 Å². The second kappa shape index (κ2) is 23.9. The van der Waals surface area contributed by atoms with Gasteiger partial charge in [-0.2, -0.15) is 0 Å². The molecule has 0 unspecified atom stereocenters. The van der Waals surface area contributed by atoms with E-state index in [1.165, 1.54) is 6.07 Å². The van der Waals surface area contributed by atoms with Crippen molar-refractivity contribution >= 4 is 50.4 Å². The quantitative estimate of drug-likeness (QED) is 0.0458. The fraction of sp³-hybridized carbons (Fsp3) is 0.391. The third-order valence-electron chi connectivity index (χ3n) is 16.9. The molecule has 4 atom stereocenters. The Labute approximate surface area is 486 Å². The van der Waals surface area contributed by atoms with Crippen LogP contribution in [-0.2, 0) is 86.2 Å². The lowest BCUT2D eigenvalue weighted by molar-refractivity contribution is -0.148. The third kappa shape index (κ3) is 11.8. The number of aromatic nitrogens is 2. The number of carbonyl (C=O) groups is 5. The molecule has 18 nitrogen and oxygen atoms in total. The monoisotopic (exact) mass is 1170 g/mol. The SMILES string of the molecule is C=C1OCc2c(cc3n(c2=O)Cc2c-3nc3cc(F)c(C)c4c3c2[C@@H](NC(=O)COCN(CCS(C)(=O)=O)C(=O)OCc2ccc(CC(=O)[C@H](C)NC(=O)[C@@H](CC(=O)OCC3c5ccccc5-c5ccccc53)C(C)C)cc2)CC4)[C@@]1(O)CC. The number of esters is 1. The van der Waals surface area contributed by atoms with Crippen LogP contribution in [0.2, 0.25) is 0 Å². The number of sulfone groups is 1. The highest BCUT2D eigenvalue weighted by molar-refractivity contribution is 7.90. The summed E-state index contributed by atoms with van der Waals surface area (Å²) in [7, 11) is -3.56. The van der Waals surface area contributed by atoms with Crippen LogP contribution in [0.4, 0.5) is 9.18 Å². The normalized spacial score (nSPS) is 17.2. The maximum absolute atomic E-state index is 15.5. The van der Waals surface area contributed by atoms with Crippen LogP contribution < -0.4 is 16.2 Å². The number of halogens is 1. The standard InChI is InChI=1S/C64H68FN5O13S/c1-8-64(77)38(6)81-32-49-50(64)27-54-60-47(29-70(54)62(49)75)59-52(22-21-41-36(4)51(65)28-53(68-60)58(41)59)67-56(72)33-80-34-69(23-24-84(7,78)79)63(76)83-30-40-19-17-39(18-20-40)25-55(71)37(5)66-61(74)46(35(2)3)26-57(73)82-31-48-44-15-11-9-13-42(44)43-14-10-12-16-45(43)48/h9-20,27-28,35,37,46,48,52,77H,6,8,21-26,29-34H2,1-5,7H3,(H,66,74)(H,67,72)/t37-,46-,52-,64+/m0/s1. The predicted octanol–water partition coefficient (Wildman–Crippen LogP) is 7.91. The number of hydrogen-bond acceptors (Lipinski definition) is 14. The van der Waals surface area contributed by atoms with Crippen LogP contribution in [-0.4, -0.2) is 102 Å². The summed E-state index contributed by atoms with van der Waals surface area (Å²) in [5, 5.41) is 18.2. The summed E-state index contributed by atoms with van der Waals surface area (Å²) in [5.74, 6) is -3.60. The van der Waals surface area contributed by atoms with Crippen LogP contribution >= 0.6 is 0 Å². The highest BCUT2D eigenvalue weighted by Gasteiger charge is 2.43. The number of benzene rings is 4. The van der Waals surface area contributed by atoms with Gasteiger partial charge in [0.25, 0.3) is 5.56 Å². The molecule has 440 valence electrons. The molecule has 0 bridgehead atoms. The summed E-state index contributed by atoms with van der Waals surface area (Å²) in [4.78, 5) is 87.6. The summed E-state index contributed by atoms with van der Waals surface area (Å²) in [5.41, 5.74) is 7.95. The van der Waals surface area contributed by atoms with Gasteiger partial charge in [0.15, 0.2) is 5.78 Å². The van der Waals surface area contributed by atoms with E-state index in [0.29, 0.717) is 74.1 Å². The number of hydrogen-bond donors (Lipinski definition) is 3. The minimum Gasteiger partial charge on any atom is -0.490 e. The lowest BCUT2D eigenvalue weighted by Crippen LogP contribution is -2.44. The zero-order valence-electron chi connectivity index (χ0n) is 47.8. The molecule has 0 saturated heterocycles. The van der Waals surface area contributed by atoms with Crippen LogP contribution in [0.25, 0.3) is 33.4 Å². The van der Waals surface area contributed by atoms with Crippen LogP contribution in [0.5, 0.6) is 0 Å². The lowest BCUT2D eigenvalue weighted by atomic mass is 9.81. The fourth-order valence-corrected chi connectivity index (χ4v) is 12.6. The molecule has 3 amide bonds. The van der Waals surface area contributed by atoms with E-state index in [9.17, 15) is 42.3 Å². The summed E-state index contributed by atoms with van der Waals surface area (Å²) in [6, 6.07) is 24.3. The Balaban J connectivity index is 0.730. The van der Waals surface area contributed by atoms with Crippen LogP contribution in [0.3, 0.4) is 0 Å². The molecule has 3 N–H and O–H groups in total. The molecule has 6 aromatic rings. The maximum Gasteiger partial charge on any atom is 0.411 e. The molecule has 2 aromatic heterocycles. The van der Waals surface area contributed by atoms with Crippen molar-refractivity contribution in [2.45, 2.75) is 110 Å². The Bertz CT molecular complexity index is 3800. The first-order chi connectivity index (χ1) is 40.0. The van der Waals surface area contributed by atoms with E-state index in [-0.39, 0.29) is 81.1 Å². The summed E-state index contributed by atoms with van der Waals surface area (Å²) < 4.78 is 64.3. The number of aryl methyl sites for hydroxylation is 1. The molecule has 2 aliphatic carbocycles. The van der Waals surface area contributed by atoms with Crippen molar-refractivity contribution in [3.05, 3.63) is 169 Å². The largest absolute Gasteiger partial charge is 0.490 e. The van der Waals surface area contributed by atoms with E-state index < -0.39 is 82.2 Å². The lowest BCUT2D eigenvalue weighted by Gasteiger charge is -2.35. The van der Waals surface area contributed by atoms with Gasteiger partial charge in [0, 0.05) is 47.7 Å². The molecule has 2 aliphatic heterocycles. The van der Waals surface area contributed by atoms with Gasteiger partial charge in [0.05, 0.1) is 59.2 Å². The number of amides is 3. The molecule has 4 heterocycles. The zero-order chi connectivity index (χ0) is 59.9. The maximum atomic E-state index is 15.5. The minimum absolute atomic E-state index is 0.0251. The van der Waals surface area contributed by atoms with Crippen LogP contribution in [0.15, 0.2) is 102 Å². The highest BCUT2D eigenvalue weighted by Crippen LogP contribution is 2.48. The first-order valence-corrected chi connectivity index (χ1v) is 30.3. The van der Waals surface area contributed by atoms with Gasteiger partial charge < -0.3 is 39.3 Å². The van der Waals surface area contributed by atoms with E-state index in [1.807, 2.05) is 50.2 Å². The molecule has 0 spiro atoms. The third-order valence-corrected chi connectivity index (χ3v) is 17.8. The number of pyridine rings is 2. The molecule has 20 heteroatoms. The molecular formula is C64H68FN5O13S. The Hall–Kier alpha value is -8.07. The number of Topliss-reactive ketones (excluding diaryl/α,β-unsaturated/α-hetero) is 1. The Morgan fingerprint density at radius 2 is 1.63 bits per heavy atom. The average Bonchev–Trinajstić information content (AvgIpc) is 2.39. The van der Waals surface area contributed by atoms with Crippen molar-refractivity contribution in [1.82, 2.24) is 25.1 Å². The minimum atomic E-state index is -3.56. The van der Waals surface area contributed by atoms with Crippen molar-refractivity contribution in [2.24, 2.45) is 11.8 Å². The number of ether oxygens (including phenoxy) is 4. The molecule has 0 radical (unpaired) electrons. The molecule has 0 saturated carbocycles. The zero-order valence-corrected chi connectivity index (χ0v) is 48.7. The number of aliphatic hydroxyl groups is 1. The van der Waals surface area contributed by atoms with Gasteiger partial charge in [-0.25, -0.2) is 22.6 Å². The van der Waals surface area contributed by atoms with Gasteiger partial charge in [0.1, 0.15) is 60.2 Å². The number of nitrogens with zero attached hydrogens (tertiary/aromatic N) is 3. The van der Waals surface area contributed by atoms with E-state index in [1.54, 1.807) is 55.7 Å². The number of rotatable bonds is 21. The molecule has 4 aliphatic rings. The van der Waals surface area contributed by atoms with Crippen LogP contribution in [0, 0.1) is 24.6 Å². The van der Waals surface area contributed by atoms with Crippen molar-refractivity contribution < 1.29 is 60.8 Å². The molecular weight excluding hydrogens is 1100 g/mol. The van der Waals surface area contributed by atoms with Crippen molar-refractivity contribution in [1.29, 1.82) is 0 Å². The second-order valence-corrected chi connectivity index (χ2v) is 24.9. The average molecular weight is 1170 g/mol. The van der Waals surface area contributed by atoms with Crippen LogP contribution in [0.1, 0.15) is 115 Å². The molecule has 84 heavy (non-hydrogen) atoms. The van der Waals surface area contributed by atoms with Gasteiger partial charge in [-0.15, -0.1) is 0 Å². The van der Waals surface area contributed by atoms with Gasteiger partial charge in [0.2, 0.25) is 11.8 Å². The first-order valence-electron chi connectivity index (χ1n) is 28.2. The topological polar surface area (TPSA) is 239 Å². The molecule has 4 aromatic carbocycles. The van der Waals surface area contributed by atoms with Gasteiger partial charge >= 0.3 is 12.1 Å². The smallest absolute Gasteiger partial charge is 0.411 e. The van der Waals surface area contributed by atoms with Crippen molar-refractivity contribution in [3.8, 4) is 22.5 Å². The molecule has 10 rings (SSSR count). The Morgan fingerprint density at radius 1 is 0.952 bits per heavy atom. The van der Waals surface area contributed by atoms with E-state index in [4.69, 9.17) is 23.9 Å². The highest BCUT2D eigenvalue weighted by atomic mass is 32.2. The van der Waals surface area contributed by atoms with Crippen molar-refractivity contribution in [3.63, 3.8) is 0 Å². The van der Waals surface area contributed by atoms with E-state index in [0.717, 1.165) is 39.0 Å². The van der Waals surface area contributed by atoms with Gasteiger partial charge in [-0.1, -0.05) is 100 Å². The number of ketones is 1. The second-order valence-electron chi connectivity index (χ2n) is 22.7. The first kappa shape index (κ1) is 59.1. The fourth-order valence-electron chi connectivity index (χ4n) is 12.0. The van der Waals surface area contributed by atoms with E-state index in [2.05, 4.69) is 29.3 Å². The Morgan fingerprint density at radius 3 is 2.30 bits per heavy atom. The van der Waals surface area contributed by atoms with E-state index >= 15 is 4.39 Å². The van der Waals surface area contributed by atoms with Gasteiger partial charge in [-0.3, -0.25) is 28.9 Å². The predicted molar refractivity (Wildman–Crippen MR) is 310 cm³/mol. The number of fused-ring (bicyclic) bond motifs is 8. The number of nitrogens with one attached hydrogen (secondary N) is 2.